The van der Waals surface area contributed by atoms with Crippen molar-refractivity contribution < 1.29 is 5.11 Å². The van der Waals surface area contributed by atoms with Crippen molar-refractivity contribution in [2.45, 2.75) is 78.6 Å². The average Bonchev–Trinajstić information content (AvgIpc) is 2.38. The lowest BCUT2D eigenvalue weighted by molar-refractivity contribution is 0.290. The minimum Gasteiger partial charge on any atom is -0.508 e. The normalized spacial score (nSPS) is 13.4. The molecular weight excluding hydrogens is 244 g/mol. The standard InChI is InChI=1S/C19H32O/c1-5-6-7-8-9-10-14-17(19(2,3)4)16-13-11-12-15-18(16)20/h11-13,15,17,20H,5-10,14H2,1-4H3. The Labute approximate surface area is 125 Å². The van der Waals surface area contributed by atoms with Crippen LogP contribution in [0.2, 0.25) is 0 Å². The quantitative estimate of drug-likeness (QED) is 0.554. The third-order valence-electron chi connectivity index (χ3n) is 4.20. The molecule has 0 spiro atoms. The van der Waals surface area contributed by atoms with Crippen LogP contribution in [0.25, 0.3) is 0 Å². The first-order valence-corrected chi connectivity index (χ1v) is 8.24. The molecule has 1 aromatic rings. The molecule has 1 N–H and O–H groups in total. The van der Waals surface area contributed by atoms with Crippen LogP contribution in [0.1, 0.15) is 84.1 Å². The maximum absolute atomic E-state index is 10.1. The van der Waals surface area contributed by atoms with Gasteiger partial charge >= 0.3 is 0 Å². The van der Waals surface area contributed by atoms with E-state index in [1.165, 1.54) is 44.9 Å². The molecule has 1 rings (SSSR count). The minimum absolute atomic E-state index is 0.197. The third kappa shape index (κ3) is 5.56. The Bertz CT molecular complexity index is 376. The van der Waals surface area contributed by atoms with Gasteiger partial charge in [-0.25, -0.2) is 0 Å². The second-order valence-corrected chi connectivity index (χ2v) is 7.03. The Balaban J connectivity index is 2.57. The van der Waals surface area contributed by atoms with E-state index in [0.717, 1.165) is 5.56 Å². The molecule has 1 atom stereocenters. The highest BCUT2D eigenvalue weighted by atomic mass is 16.3. The Morgan fingerprint density at radius 3 is 2.15 bits per heavy atom. The monoisotopic (exact) mass is 276 g/mol. The van der Waals surface area contributed by atoms with E-state index in [1.807, 2.05) is 18.2 Å². The van der Waals surface area contributed by atoms with Crippen molar-refractivity contribution in [2.24, 2.45) is 5.41 Å². The van der Waals surface area contributed by atoms with Gasteiger partial charge in [0.2, 0.25) is 0 Å². The highest BCUT2D eigenvalue weighted by Crippen LogP contribution is 2.42. The van der Waals surface area contributed by atoms with Crippen LogP contribution in [0.5, 0.6) is 5.75 Å². The first kappa shape index (κ1) is 17.1. The van der Waals surface area contributed by atoms with Gasteiger partial charge in [0, 0.05) is 0 Å². The van der Waals surface area contributed by atoms with Gasteiger partial charge in [0.25, 0.3) is 0 Å². The number of para-hydroxylation sites is 1. The first-order chi connectivity index (χ1) is 9.46. The van der Waals surface area contributed by atoms with Gasteiger partial charge in [-0.05, 0) is 29.4 Å². The molecule has 0 amide bonds. The summed E-state index contributed by atoms with van der Waals surface area (Å²) in [6.07, 6.45) is 9.15. The topological polar surface area (TPSA) is 20.2 Å². The fourth-order valence-electron chi connectivity index (χ4n) is 2.97. The molecule has 0 aliphatic rings. The van der Waals surface area contributed by atoms with E-state index in [1.54, 1.807) is 0 Å². The number of rotatable bonds is 8. The van der Waals surface area contributed by atoms with E-state index < -0.39 is 0 Å². The van der Waals surface area contributed by atoms with Crippen molar-refractivity contribution >= 4 is 0 Å². The van der Waals surface area contributed by atoms with Crippen molar-refractivity contribution in [3.63, 3.8) is 0 Å². The van der Waals surface area contributed by atoms with Crippen LogP contribution >= 0.6 is 0 Å². The fourth-order valence-corrected chi connectivity index (χ4v) is 2.97. The van der Waals surface area contributed by atoms with E-state index in [4.69, 9.17) is 0 Å². The molecule has 1 nitrogen and oxygen atoms in total. The summed E-state index contributed by atoms with van der Waals surface area (Å²) in [4.78, 5) is 0. The largest absolute Gasteiger partial charge is 0.508 e. The zero-order valence-electron chi connectivity index (χ0n) is 13.8. The highest BCUT2D eigenvalue weighted by molar-refractivity contribution is 5.35. The molecule has 1 aromatic carbocycles. The molecule has 1 unspecified atom stereocenters. The van der Waals surface area contributed by atoms with Gasteiger partial charge in [-0.3, -0.25) is 0 Å². The van der Waals surface area contributed by atoms with E-state index in [9.17, 15) is 5.11 Å². The molecule has 0 aliphatic carbocycles. The molecule has 1 heteroatoms. The molecule has 0 bridgehead atoms. The molecule has 114 valence electrons. The summed E-state index contributed by atoms with van der Waals surface area (Å²) in [7, 11) is 0. The lowest BCUT2D eigenvalue weighted by Gasteiger charge is -2.31. The van der Waals surface area contributed by atoms with Crippen molar-refractivity contribution in [1.82, 2.24) is 0 Å². The second-order valence-electron chi connectivity index (χ2n) is 7.03. The summed E-state index contributed by atoms with van der Waals surface area (Å²) in [5, 5.41) is 10.1. The maximum Gasteiger partial charge on any atom is 0.119 e. The fraction of sp³-hybridized carbons (Fsp3) is 0.684. The summed E-state index contributed by atoms with van der Waals surface area (Å²) in [5.74, 6) is 0.897. The zero-order chi connectivity index (χ0) is 15.0. The van der Waals surface area contributed by atoms with Gasteiger partial charge in [-0.2, -0.15) is 0 Å². The van der Waals surface area contributed by atoms with Crippen LogP contribution < -0.4 is 0 Å². The maximum atomic E-state index is 10.1. The number of benzene rings is 1. The number of unbranched alkanes of at least 4 members (excludes halogenated alkanes) is 5. The number of hydrogen-bond donors (Lipinski definition) is 1. The number of aromatic hydroxyl groups is 1. The van der Waals surface area contributed by atoms with Crippen LogP contribution in [-0.4, -0.2) is 5.11 Å². The van der Waals surface area contributed by atoms with E-state index in [2.05, 4.69) is 33.8 Å². The number of phenolic OH excluding ortho intramolecular Hbond substituents is 1. The second kappa shape index (κ2) is 8.34. The van der Waals surface area contributed by atoms with Gasteiger partial charge in [0.05, 0.1) is 0 Å². The van der Waals surface area contributed by atoms with Crippen molar-refractivity contribution in [3.05, 3.63) is 29.8 Å². The predicted octanol–water partition coefficient (Wildman–Crippen LogP) is 6.27. The molecule has 0 aromatic heterocycles. The van der Waals surface area contributed by atoms with E-state index in [0.29, 0.717) is 11.7 Å². The Hall–Kier alpha value is -0.980. The summed E-state index contributed by atoms with van der Waals surface area (Å²) >= 11 is 0. The van der Waals surface area contributed by atoms with Gasteiger partial charge in [0.15, 0.2) is 0 Å². The SMILES string of the molecule is CCCCCCCCC(c1ccccc1O)C(C)(C)C. The zero-order valence-corrected chi connectivity index (χ0v) is 13.8. The molecule has 0 saturated carbocycles. The smallest absolute Gasteiger partial charge is 0.119 e. The van der Waals surface area contributed by atoms with Gasteiger partial charge in [-0.1, -0.05) is 84.4 Å². The van der Waals surface area contributed by atoms with Gasteiger partial charge in [0.1, 0.15) is 5.75 Å². The lowest BCUT2D eigenvalue weighted by atomic mass is 9.73. The number of hydrogen-bond acceptors (Lipinski definition) is 1. The van der Waals surface area contributed by atoms with E-state index in [-0.39, 0.29) is 5.41 Å². The van der Waals surface area contributed by atoms with Crippen LogP contribution in [0, 0.1) is 5.41 Å². The summed E-state index contributed by atoms with van der Waals surface area (Å²) < 4.78 is 0. The summed E-state index contributed by atoms with van der Waals surface area (Å²) in [6, 6.07) is 7.84. The highest BCUT2D eigenvalue weighted by Gasteiger charge is 2.27. The van der Waals surface area contributed by atoms with Crippen LogP contribution in [0.3, 0.4) is 0 Å². The first-order valence-electron chi connectivity index (χ1n) is 8.24. The molecule has 0 heterocycles. The number of phenols is 1. The minimum atomic E-state index is 0.197. The van der Waals surface area contributed by atoms with Crippen molar-refractivity contribution in [1.29, 1.82) is 0 Å². The van der Waals surface area contributed by atoms with Crippen LogP contribution in [-0.2, 0) is 0 Å². The molecule has 0 radical (unpaired) electrons. The van der Waals surface area contributed by atoms with Gasteiger partial charge in [-0.15, -0.1) is 0 Å². The van der Waals surface area contributed by atoms with E-state index >= 15 is 0 Å². The van der Waals surface area contributed by atoms with Crippen LogP contribution in [0.4, 0.5) is 0 Å². The molecular formula is C19H32O. The molecule has 0 saturated heterocycles. The van der Waals surface area contributed by atoms with Gasteiger partial charge < -0.3 is 5.11 Å². The molecule has 0 fully saturated rings. The summed E-state index contributed by atoms with van der Waals surface area (Å²) in [5.41, 5.74) is 1.32. The molecule has 0 aliphatic heterocycles. The third-order valence-corrected chi connectivity index (χ3v) is 4.20. The summed E-state index contributed by atoms with van der Waals surface area (Å²) in [6.45, 7) is 9.09. The lowest BCUT2D eigenvalue weighted by Crippen LogP contribution is -2.18. The van der Waals surface area contributed by atoms with Crippen molar-refractivity contribution in [3.8, 4) is 5.75 Å². The predicted molar refractivity (Wildman–Crippen MR) is 88.3 cm³/mol. The average molecular weight is 276 g/mol. The van der Waals surface area contributed by atoms with Crippen molar-refractivity contribution in [2.75, 3.05) is 0 Å². The van der Waals surface area contributed by atoms with Crippen LogP contribution in [0.15, 0.2) is 24.3 Å². The Kier molecular flexibility index (Phi) is 7.12. The Morgan fingerprint density at radius 2 is 1.55 bits per heavy atom. The Morgan fingerprint density at radius 1 is 0.950 bits per heavy atom. The molecule has 20 heavy (non-hydrogen) atoms.